The lowest BCUT2D eigenvalue weighted by atomic mass is 9.86. The van der Waals surface area contributed by atoms with Crippen molar-refractivity contribution in [3.63, 3.8) is 0 Å². The van der Waals surface area contributed by atoms with Crippen LogP contribution >= 0.6 is 11.8 Å². The minimum atomic E-state index is -1.02. The molecule has 0 saturated heterocycles. The normalized spacial score (nSPS) is 25.6. The zero-order valence-electron chi connectivity index (χ0n) is 17.5. The van der Waals surface area contributed by atoms with E-state index >= 15 is 0 Å². The Kier molecular flexibility index (Phi) is 5.05. The van der Waals surface area contributed by atoms with Gasteiger partial charge in [0.25, 0.3) is 0 Å². The molecule has 0 amide bonds. The average Bonchev–Trinajstić information content (AvgIpc) is 3.55. The maximum absolute atomic E-state index is 14.9. The van der Waals surface area contributed by atoms with Crippen LogP contribution in [0, 0.1) is 24.2 Å². The highest BCUT2D eigenvalue weighted by Gasteiger charge is 2.66. The molecule has 0 bridgehead atoms. The molecule has 11 heteroatoms. The number of nitrogens with one attached hydrogen (secondary N) is 1. The molecule has 4 heterocycles. The summed E-state index contributed by atoms with van der Waals surface area (Å²) in [6.07, 6.45) is 10.1. The summed E-state index contributed by atoms with van der Waals surface area (Å²) in [6.45, 7) is 1.30. The molecule has 0 unspecified atom stereocenters. The number of thioether (sulfide) groups is 1. The Morgan fingerprint density at radius 3 is 3.00 bits per heavy atom. The summed E-state index contributed by atoms with van der Waals surface area (Å²) in [5, 5.41) is 3.37. The summed E-state index contributed by atoms with van der Waals surface area (Å²) in [4.78, 5) is 21.5. The van der Waals surface area contributed by atoms with E-state index in [0.29, 0.717) is 34.8 Å². The van der Waals surface area contributed by atoms with Gasteiger partial charge in [0.2, 0.25) is 11.8 Å². The van der Waals surface area contributed by atoms with Crippen LogP contribution in [0.3, 0.4) is 0 Å². The molecule has 0 aromatic carbocycles. The number of hydrogen-bond donors (Lipinski definition) is 2. The SMILES string of the molecule is C#CCOc1cnc2c(Nc3cnc(F)c([C@@]4(C)N=C(N)S[C@@]5(CF)C[C@H]54)c3)nccc2n1. The van der Waals surface area contributed by atoms with Crippen LogP contribution in [0.5, 0.6) is 5.88 Å². The van der Waals surface area contributed by atoms with Crippen molar-refractivity contribution in [2.75, 3.05) is 18.6 Å². The van der Waals surface area contributed by atoms with Crippen LogP contribution in [0.25, 0.3) is 11.0 Å². The van der Waals surface area contributed by atoms with E-state index in [9.17, 15) is 8.78 Å². The molecule has 1 saturated carbocycles. The molecule has 5 rings (SSSR count). The smallest absolute Gasteiger partial charge is 0.233 e. The number of rotatable bonds is 6. The second-order valence-electron chi connectivity index (χ2n) is 8.07. The average molecular weight is 468 g/mol. The highest BCUT2D eigenvalue weighted by molar-refractivity contribution is 8.15. The topological polar surface area (TPSA) is 111 Å². The van der Waals surface area contributed by atoms with Gasteiger partial charge in [-0.25, -0.2) is 24.3 Å². The number of aromatic nitrogens is 4. The number of terminal acetylenes is 1. The van der Waals surface area contributed by atoms with Gasteiger partial charge in [0.05, 0.1) is 33.9 Å². The van der Waals surface area contributed by atoms with E-state index in [-0.39, 0.29) is 23.3 Å². The second kappa shape index (κ2) is 7.81. The van der Waals surface area contributed by atoms with Crippen LogP contribution in [-0.2, 0) is 5.54 Å². The Balaban J connectivity index is 1.49. The van der Waals surface area contributed by atoms with Crippen LogP contribution in [0.2, 0.25) is 0 Å². The lowest BCUT2D eigenvalue weighted by Crippen LogP contribution is -2.37. The third kappa shape index (κ3) is 3.60. The third-order valence-corrected chi connectivity index (χ3v) is 7.24. The van der Waals surface area contributed by atoms with Crippen molar-refractivity contribution in [2.24, 2.45) is 16.6 Å². The molecular formula is C22H19F2N7OS. The molecule has 3 aromatic rings. The first kappa shape index (κ1) is 21.3. The van der Waals surface area contributed by atoms with Crippen molar-refractivity contribution in [1.82, 2.24) is 19.9 Å². The molecule has 1 aliphatic heterocycles. The monoisotopic (exact) mass is 467 g/mol. The molecule has 3 N–H and O–H groups in total. The van der Waals surface area contributed by atoms with Gasteiger partial charge in [-0.15, -0.1) is 6.42 Å². The summed E-state index contributed by atoms with van der Waals surface area (Å²) >= 11 is 1.23. The summed E-state index contributed by atoms with van der Waals surface area (Å²) in [5.74, 6) is 2.22. The number of nitrogens with zero attached hydrogens (tertiary/aromatic N) is 5. The predicted molar refractivity (Wildman–Crippen MR) is 123 cm³/mol. The fourth-order valence-corrected chi connectivity index (χ4v) is 5.61. The van der Waals surface area contributed by atoms with Crippen molar-refractivity contribution in [3.05, 3.63) is 42.2 Å². The Hall–Kier alpha value is -3.52. The zero-order chi connectivity index (χ0) is 23.2. The predicted octanol–water partition coefficient (Wildman–Crippen LogP) is 3.32. The van der Waals surface area contributed by atoms with Crippen molar-refractivity contribution < 1.29 is 13.5 Å². The third-order valence-electron chi connectivity index (χ3n) is 5.97. The molecule has 3 atom stereocenters. The molecule has 2 aliphatic rings. The van der Waals surface area contributed by atoms with Crippen LogP contribution in [0.15, 0.2) is 35.7 Å². The minimum Gasteiger partial charge on any atom is -0.463 e. The molecule has 8 nitrogen and oxygen atoms in total. The molecule has 1 aliphatic carbocycles. The first-order chi connectivity index (χ1) is 15.9. The van der Waals surface area contributed by atoms with Crippen LogP contribution in [0.1, 0.15) is 18.9 Å². The number of anilines is 2. The van der Waals surface area contributed by atoms with Crippen molar-refractivity contribution >= 4 is 39.5 Å². The van der Waals surface area contributed by atoms with Gasteiger partial charge in [-0.05, 0) is 25.5 Å². The van der Waals surface area contributed by atoms with Crippen LogP contribution in [0.4, 0.5) is 20.3 Å². The first-order valence-corrected chi connectivity index (χ1v) is 10.9. The molecule has 0 spiro atoms. The van der Waals surface area contributed by atoms with Crippen LogP contribution < -0.4 is 15.8 Å². The van der Waals surface area contributed by atoms with Gasteiger partial charge in [-0.1, -0.05) is 17.7 Å². The van der Waals surface area contributed by atoms with Crippen molar-refractivity contribution in [3.8, 4) is 18.2 Å². The standard InChI is InChI=1S/C22H19F2N7OS/c1-3-6-32-16-10-27-17-14(30-16)4-5-26-19(17)29-12-7-13(18(24)28-9-12)21(2)15-8-22(15,11-23)33-20(25)31-21/h1,4-5,7,9-10,15H,6,8,11H2,2H3,(H2,25,31)(H,26,29)/t15-,21+,22+/m0/s1. The zero-order valence-corrected chi connectivity index (χ0v) is 18.4. The van der Waals surface area contributed by atoms with Gasteiger partial charge < -0.3 is 15.8 Å². The van der Waals surface area contributed by atoms with Gasteiger partial charge >= 0.3 is 0 Å². The van der Waals surface area contributed by atoms with E-state index in [2.05, 4.69) is 36.2 Å². The number of hydrogen-bond acceptors (Lipinski definition) is 9. The van der Waals surface area contributed by atoms with E-state index in [0.717, 1.165) is 0 Å². The number of pyridine rings is 2. The Morgan fingerprint density at radius 2 is 2.21 bits per heavy atom. The molecule has 3 aromatic heterocycles. The fourth-order valence-electron chi connectivity index (χ4n) is 4.28. The van der Waals surface area contributed by atoms with Gasteiger partial charge in [-0.3, -0.25) is 4.99 Å². The van der Waals surface area contributed by atoms with Gasteiger partial charge in [0.1, 0.15) is 12.2 Å². The highest BCUT2D eigenvalue weighted by Crippen LogP contribution is 2.66. The highest BCUT2D eigenvalue weighted by atomic mass is 32.2. The Labute approximate surface area is 192 Å². The van der Waals surface area contributed by atoms with Crippen molar-refractivity contribution in [2.45, 2.75) is 23.6 Å². The number of amidine groups is 1. The van der Waals surface area contributed by atoms with E-state index in [1.165, 1.54) is 24.2 Å². The largest absolute Gasteiger partial charge is 0.463 e. The summed E-state index contributed by atoms with van der Waals surface area (Å²) < 4.78 is 33.3. The van der Waals surface area contributed by atoms with Crippen LogP contribution in [-0.4, -0.2) is 43.1 Å². The van der Waals surface area contributed by atoms with E-state index < -0.39 is 22.9 Å². The van der Waals surface area contributed by atoms with Gasteiger partial charge in [0.15, 0.2) is 17.6 Å². The molecular weight excluding hydrogens is 448 g/mol. The fraction of sp³-hybridized carbons (Fsp3) is 0.318. The Morgan fingerprint density at radius 1 is 1.36 bits per heavy atom. The molecule has 33 heavy (non-hydrogen) atoms. The quantitative estimate of drug-likeness (QED) is 0.420. The number of alkyl halides is 1. The molecule has 168 valence electrons. The van der Waals surface area contributed by atoms with Crippen molar-refractivity contribution in [1.29, 1.82) is 0 Å². The van der Waals surface area contributed by atoms with E-state index in [4.69, 9.17) is 16.9 Å². The maximum Gasteiger partial charge on any atom is 0.233 e. The van der Waals surface area contributed by atoms with Gasteiger partial charge in [-0.2, -0.15) is 4.39 Å². The number of halogens is 2. The number of fused-ring (bicyclic) bond motifs is 2. The number of ether oxygens (including phenoxy) is 1. The Bertz CT molecular complexity index is 1330. The van der Waals surface area contributed by atoms with E-state index in [1.807, 2.05) is 0 Å². The summed E-state index contributed by atoms with van der Waals surface area (Å²) in [7, 11) is 0. The lowest BCUT2D eigenvalue weighted by Gasteiger charge is -2.33. The number of aliphatic imine (C=N–C) groups is 1. The first-order valence-electron chi connectivity index (χ1n) is 10.1. The van der Waals surface area contributed by atoms with Gasteiger partial charge in [0, 0.05) is 17.7 Å². The summed E-state index contributed by atoms with van der Waals surface area (Å²) in [5.41, 5.74) is 6.70. The lowest BCUT2D eigenvalue weighted by molar-refractivity contribution is 0.355. The summed E-state index contributed by atoms with van der Waals surface area (Å²) in [6, 6.07) is 3.29. The molecule has 0 radical (unpaired) electrons. The van der Waals surface area contributed by atoms with E-state index in [1.54, 1.807) is 25.3 Å². The maximum atomic E-state index is 14.9. The minimum absolute atomic E-state index is 0.0787. The molecule has 1 fully saturated rings. The second-order valence-corrected chi connectivity index (χ2v) is 9.51. The number of nitrogens with two attached hydrogens (primary N) is 1.